The first kappa shape index (κ1) is 24.3. The molecule has 0 bridgehead atoms. The predicted molar refractivity (Wildman–Crippen MR) is 131 cm³/mol. The number of anilines is 1. The lowest BCUT2D eigenvalue weighted by molar-refractivity contribution is -0.139. The van der Waals surface area contributed by atoms with Gasteiger partial charge in [0.15, 0.2) is 5.13 Å². The molecule has 0 spiro atoms. The quantitative estimate of drug-likeness (QED) is 0.450. The summed E-state index contributed by atoms with van der Waals surface area (Å²) in [5, 5.41) is 14.8. The lowest BCUT2D eigenvalue weighted by Gasteiger charge is -2.17. The van der Waals surface area contributed by atoms with E-state index < -0.39 is 12.0 Å². The van der Waals surface area contributed by atoms with E-state index in [1.165, 1.54) is 0 Å². The Labute approximate surface area is 198 Å². The Morgan fingerprint density at radius 3 is 2.55 bits per heavy atom. The molecule has 8 heteroatoms. The Morgan fingerprint density at radius 1 is 1.18 bits per heavy atom. The molecule has 1 unspecified atom stereocenters. The van der Waals surface area contributed by atoms with Gasteiger partial charge in [-0.15, -0.1) is 11.3 Å². The molecular weight excluding hydrogens is 438 g/mol. The zero-order valence-electron chi connectivity index (χ0n) is 19.2. The number of aromatic nitrogens is 1. The van der Waals surface area contributed by atoms with Crippen molar-refractivity contribution in [1.29, 1.82) is 0 Å². The Kier molecular flexibility index (Phi) is 8.06. The SMILES string of the molecule is COc1cccc(-c2csc(N(C)Cc3ccc(C(=O)NC(CC(C)C)C(=O)O)cc3)n2)c1. The van der Waals surface area contributed by atoms with Crippen LogP contribution >= 0.6 is 11.3 Å². The summed E-state index contributed by atoms with van der Waals surface area (Å²) in [6.07, 6.45) is 0.384. The number of nitrogens with one attached hydrogen (secondary N) is 1. The van der Waals surface area contributed by atoms with Gasteiger partial charge in [-0.2, -0.15) is 0 Å². The molecule has 0 radical (unpaired) electrons. The molecule has 1 atom stereocenters. The molecule has 3 aromatic rings. The summed E-state index contributed by atoms with van der Waals surface area (Å²) in [6, 6.07) is 14.1. The summed E-state index contributed by atoms with van der Waals surface area (Å²) >= 11 is 1.56. The molecule has 1 amide bonds. The Balaban J connectivity index is 1.63. The molecule has 0 saturated carbocycles. The zero-order chi connectivity index (χ0) is 24.0. The van der Waals surface area contributed by atoms with Gasteiger partial charge in [-0.05, 0) is 42.2 Å². The maximum Gasteiger partial charge on any atom is 0.326 e. The van der Waals surface area contributed by atoms with Gasteiger partial charge in [0.05, 0.1) is 12.8 Å². The maximum absolute atomic E-state index is 12.5. The zero-order valence-corrected chi connectivity index (χ0v) is 20.1. The summed E-state index contributed by atoms with van der Waals surface area (Å²) in [5.74, 6) is -0.448. The van der Waals surface area contributed by atoms with Crippen molar-refractivity contribution in [2.45, 2.75) is 32.9 Å². The van der Waals surface area contributed by atoms with Gasteiger partial charge in [-0.25, -0.2) is 9.78 Å². The van der Waals surface area contributed by atoms with E-state index in [-0.39, 0.29) is 11.8 Å². The fourth-order valence-corrected chi connectivity index (χ4v) is 4.19. The molecule has 0 saturated heterocycles. The van der Waals surface area contributed by atoms with Crippen LogP contribution in [0.2, 0.25) is 0 Å². The second-order valence-corrected chi connectivity index (χ2v) is 9.13. The van der Waals surface area contributed by atoms with Gasteiger partial charge < -0.3 is 20.1 Å². The van der Waals surface area contributed by atoms with Crippen molar-refractivity contribution in [3.63, 3.8) is 0 Å². The first-order valence-corrected chi connectivity index (χ1v) is 11.6. The van der Waals surface area contributed by atoms with Crippen LogP contribution in [0.3, 0.4) is 0 Å². The number of aliphatic carboxylic acids is 1. The molecule has 3 rings (SSSR count). The van der Waals surface area contributed by atoms with Crippen molar-refractivity contribution in [2.24, 2.45) is 5.92 Å². The summed E-state index contributed by atoms with van der Waals surface area (Å²) in [5.41, 5.74) is 3.34. The normalized spacial score (nSPS) is 11.8. The molecule has 0 aliphatic carbocycles. The van der Waals surface area contributed by atoms with Crippen LogP contribution in [0.5, 0.6) is 5.75 Å². The average molecular weight is 468 g/mol. The van der Waals surface area contributed by atoms with Gasteiger partial charge in [0.25, 0.3) is 5.91 Å². The number of carbonyl (C=O) groups is 2. The molecule has 7 nitrogen and oxygen atoms in total. The molecule has 0 aliphatic rings. The van der Waals surface area contributed by atoms with Gasteiger partial charge in [-0.1, -0.05) is 38.1 Å². The lowest BCUT2D eigenvalue weighted by atomic mass is 10.0. The second-order valence-electron chi connectivity index (χ2n) is 8.29. The van der Waals surface area contributed by atoms with Gasteiger partial charge in [-0.3, -0.25) is 4.79 Å². The fourth-order valence-electron chi connectivity index (χ4n) is 3.39. The summed E-state index contributed by atoms with van der Waals surface area (Å²) < 4.78 is 5.29. The predicted octanol–water partition coefficient (Wildman–Crippen LogP) is 4.68. The highest BCUT2D eigenvalue weighted by atomic mass is 32.1. The minimum Gasteiger partial charge on any atom is -0.497 e. The number of nitrogens with zero attached hydrogens (tertiary/aromatic N) is 2. The van der Waals surface area contributed by atoms with Crippen LogP contribution in [-0.2, 0) is 11.3 Å². The average Bonchev–Trinajstić information content (AvgIpc) is 3.29. The first-order chi connectivity index (χ1) is 15.8. The molecule has 33 heavy (non-hydrogen) atoms. The molecule has 1 aromatic heterocycles. The summed E-state index contributed by atoms with van der Waals surface area (Å²) in [7, 11) is 3.61. The van der Waals surface area contributed by atoms with Crippen LogP contribution in [0.15, 0.2) is 53.9 Å². The number of amides is 1. The van der Waals surface area contributed by atoms with Crippen LogP contribution in [0, 0.1) is 5.92 Å². The highest BCUT2D eigenvalue weighted by molar-refractivity contribution is 7.14. The minimum atomic E-state index is -1.02. The van der Waals surface area contributed by atoms with Gasteiger partial charge in [0.1, 0.15) is 11.8 Å². The van der Waals surface area contributed by atoms with Crippen molar-refractivity contribution in [1.82, 2.24) is 10.3 Å². The van der Waals surface area contributed by atoms with Crippen LogP contribution in [0.4, 0.5) is 5.13 Å². The number of thiazole rings is 1. The van der Waals surface area contributed by atoms with Crippen LogP contribution < -0.4 is 15.0 Å². The van der Waals surface area contributed by atoms with E-state index in [1.54, 1.807) is 30.6 Å². The maximum atomic E-state index is 12.5. The summed E-state index contributed by atoms with van der Waals surface area (Å²) in [6.45, 7) is 4.48. The number of methoxy groups -OCH3 is 1. The Bertz CT molecular complexity index is 1100. The van der Waals surface area contributed by atoms with E-state index in [9.17, 15) is 14.7 Å². The topological polar surface area (TPSA) is 91.8 Å². The number of benzene rings is 2. The number of rotatable bonds is 10. The van der Waals surface area contributed by atoms with Gasteiger partial charge in [0.2, 0.25) is 0 Å². The third-order valence-corrected chi connectivity index (χ3v) is 6.09. The van der Waals surface area contributed by atoms with E-state index in [0.717, 1.165) is 27.7 Å². The van der Waals surface area contributed by atoms with E-state index in [2.05, 4.69) is 5.32 Å². The molecule has 174 valence electrons. The molecule has 0 fully saturated rings. The number of carboxylic acids is 1. The van der Waals surface area contributed by atoms with Crippen molar-refractivity contribution in [3.8, 4) is 17.0 Å². The monoisotopic (exact) mass is 467 g/mol. The minimum absolute atomic E-state index is 0.166. The highest BCUT2D eigenvalue weighted by Crippen LogP contribution is 2.29. The van der Waals surface area contributed by atoms with Crippen molar-refractivity contribution < 1.29 is 19.4 Å². The van der Waals surface area contributed by atoms with E-state index in [4.69, 9.17) is 9.72 Å². The molecule has 2 N–H and O–H groups in total. The third-order valence-electron chi connectivity index (χ3n) is 5.13. The smallest absolute Gasteiger partial charge is 0.326 e. The standard InChI is InChI=1S/C25H29N3O4S/c1-16(2)12-21(24(30)31)26-23(29)18-10-8-17(9-11-18)14-28(3)25-27-22(15-33-25)19-6-5-7-20(13-19)32-4/h5-11,13,15-16,21H,12,14H2,1-4H3,(H,26,29)(H,30,31). The van der Waals surface area contributed by atoms with Crippen LogP contribution in [-0.4, -0.2) is 42.2 Å². The van der Waals surface area contributed by atoms with Crippen molar-refractivity contribution in [2.75, 3.05) is 19.1 Å². The highest BCUT2D eigenvalue weighted by Gasteiger charge is 2.21. The number of carboxylic acid groups (broad SMARTS) is 1. The van der Waals surface area contributed by atoms with E-state index in [1.807, 2.05) is 67.6 Å². The summed E-state index contributed by atoms with van der Waals surface area (Å²) in [4.78, 5) is 30.7. The molecule has 0 aliphatic heterocycles. The molecule has 2 aromatic carbocycles. The third kappa shape index (κ3) is 6.55. The van der Waals surface area contributed by atoms with Crippen molar-refractivity contribution in [3.05, 3.63) is 65.0 Å². The second kappa shape index (κ2) is 11.0. The Hall–Kier alpha value is -3.39. The van der Waals surface area contributed by atoms with Crippen LogP contribution in [0.1, 0.15) is 36.2 Å². The van der Waals surface area contributed by atoms with E-state index in [0.29, 0.717) is 18.5 Å². The molecule has 1 heterocycles. The number of hydrogen-bond donors (Lipinski definition) is 2. The largest absolute Gasteiger partial charge is 0.497 e. The van der Waals surface area contributed by atoms with Crippen LogP contribution in [0.25, 0.3) is 11.3 Å². The Morgan fingerprint density at radius 2 is 1.91 bits per heavy atom. The fraction of sp³-hybridized carbons (Fsp3) is 0.320. The lowest BCUT2D eigenvalue weighted by Crippen LogP contribution is -2.41. The van der Waals surface area contributed by atoms with Gasteiger partial charge >= 0.3 is 5.97 Å². The number of carbonyl (C=O) groups excluding carboxylic acids is 1. The number of hydrogen-bond acceptors (Lipinski definition) is 6. The van der Waals surface area contributed by atoms with E-state index >= 15 is 0 Å². The van der Waals surface area contributed by atoms with Crippen molar-refractivity contribution >= 4 is 28.3 Å². The molecular formula is C25H29N3O4S. The van der Waals surface area contributed by atoms with Gasteiger partial charge in [0, 0.05) is 30.1 Å². The first-order valence-electron chi connectivity index (χ1n) is 10.7. The number of ether oxygens (including phenoxy) is 1.